The molecule has 5 atom stereocenters. The van der Waals surface area contributed by atoms with E-state index in [1.54, 1.807) is 26.1 Å². The normalized spacial score (nSPS) is 14.7. The maximum Gasteiger partial charge on any atom is 0.326 e. The third-order valence-electron chi connectivity index (χ3n) is 6.72. The highest BCUT2D eigenvalue weighted by molar-refractivity contribution is 5.95. The summed E-state index contributed by atoms with van der Waals surface area (Å²) in [4.78, 5) is 62.9. The van der Waals surface area contributed by atoms with Gasteiger partial charge in [-0.1, -0.05) is 32.4 Å². The van der Waals surface area contributed by atoms with Gasteiger partial charge in [-0.15, -0.1) is 0 Å². The lowest BCUT2D eigenvalue weighted by molar-refractivity contribution is -0.143. The number of nitrogens with two attached hydrogens (primary N) is 1. The van der Waals surface area contributed by atoms with E-state index in [0.29, 0.717) is 24.9 Å². The minimum atomic E-state index is -1.43. The van der Waals surface area contributed by atoms with E-state index in [1.165, 1.54) is 12.1 Å². The molecular weight excluding hydrogens is 522 g/mol. The number of phenolic OH excluding ortho intramolecular Hbond substituents is 1. The summed E-state index contributed by atoms with van der Waals surface area (Å²) in [6, 6.07) is 2.49. The Morgan fingerprint density at radius 1 is 0.950 bits per heavy atom. The molecule has 0 heterocycles. The van der Waals surface area contributed by atoms with Gasteiger partial charge in [-0.25, -0.2) is 4.79 Å². The molecule has 0 fully saturated rings. The van der Waals surface area contributed by atoms with Crippen molar-refractivity contribution in [3.05, 3.63) is 29.8 Å². The van der Waals surface area contributed by atoms with Crippen LogP contribution in [-0.2, 0) is 30.4 Å². The number of amides is 3. The molecule has 0 saturated heterocycles. The number of carboxylic acid groups (broad SMARTS) is 1. The molecule has 0 aliphatic heterocycles. The Morgan fingerprint density at radius 2 is 1.57 bits per heavy atom. The highest BCUT2D eigenvalue weighted by Gasteiger charge is 2.33. The number of aliphatic hydroxyl groups is 1. The quantitative estimate of drug-likeness (QED) is 0.0961. The molecule has 0 aromatic heterocycles. The topological polar surface area (TPSA) is 220 Å². The van der Waals surface area contributed by atoms with E-state index in [9.17, 15) is 39.3 Å². The van der Waals surface area contributed by atoms with Crippen LogP contribution in [0.4, 0.5) is 0 Å². The molecule has 1 aromatic carbocycles. The summed E-state index contributed by atoms with van der Waals surface area (Å²) in [5.41, 5.74) is 6.08. The predicted octanol–water partition coefficient (Wildman–Crippen LogP) is -0.954. The van der Waals surface area contributed by atoms with Crippen molar-refractivity contribution < 1.29 is 39.3 Å². The van der Waals surface area contributed by atoms with Gasteiger partial charge < -0.3 is 42.3 Å². The van der Waals surface area contributed by atoms with Gasteiger partial charge in [0.25, 0.3) is 0 Å². The summed E-state index contributed by atoms with van der Waals surface area (Å²) in [5.74, 6) is -4.91. The smallest absolute Gasteiger partial charge is 0.326 e. The highest BCUT2D eigenvalue weighted by atomic mass is 16.4. The first-order valence-electron chi connectivity index (χ1n) is 13.4. The molecule has 9 N–H and O–H groups in total. The van der Waals surface area contributed by atoms with Gasteiger partial charge >= 0.3 is 5.97 Å². The standard InChI is InChI=1S/C27H43N5O8/c1-4-16(2)19(13-23(35)21(30-24(36)14-28)12-17-7-9-18(34)10-8-17)25(37)32-22(15-33)26(38)31-20(27(39)40)6-5-11-29-3/h7-10,16,19-22,29,33-34H,4-6,11-15,28H2,1-3H3,(H,30,36)(H,31,38)(H,32,37)(H,39,40). The average Bonchev–Trinajstić information content (AvgIpc) is 2.93. The van der Waals surface area contributed by atoms with Crippen molar-refractivity contribution in [2.24, 2.45) is 17.6 Å². The van der Waals surface area contributed by atoms with Crippen LogP contribution in [0.1, 0.15) is 45.1 Å². The number of aromatic hydroxyl groups is 1. The number of hydrogen-bond acceptors (Lipinski definition) is 9. The van der Waals surface area contributed by atoms with E-state index >= 15 is 0 Å². The molecule has 0 saturated carbocycles. The first-order valence-corrected chi connectivity index (χ1v) is 13.4. The number of ketones is 1. The van der Waals surface area contributed by atoms with Gasteiger partial charge in [0.15, 0.2) is 5.78 Å². The lowest BCUT2D eigenvalue weighted by Gasteiger charge is -2.27. The van der Waals surface area contributed by atoms with Gasteiger partial charge in [0.05, 0.1) is 19.2 Å². The first-order chi connectivity index (χ1) is 19.0. The molecule has 0 bridgehead atoms. The first kappa shape index (κ1) is 34.5. The Kier molecular flexibility index (Phi) is 15.4. The lowest BCUT2D eigenvalue weighted by atomic mass is 9.84. The van der Waals surface area contributed by atoms with Gasteiger partial charge in [0, 0.05) is 12.3 Å². The largest absolute Gasteiger partial charge is 0.508 e. The number of Topliss-reactive ketones (excluding diaryl/α,β-unsaturated/α-hetero) is 1. The summed E-state index contributed by atoms with van der Waals surface area (Å²) >= 11 is 0. The third kappa shape index (κ3) is 11.7. The number of aliphatic carboxylic acids is 1. The second-order valence-corrected chi connectivity index (χ2v) is 9.75. The zero-order chi connectivity index (χ0) is 30.2. The van der Waals surface area contributed by atoms with Crippen molar-refractivity contribution >= 4 is 29.5 Å². The van der Waals surface area contributed by atoms with Crippen LogP contribution in [0.3, 0.4) is 0 Å². The molecule has 0 aliphatic rings. The van der Waals surface area contributed by atoms with Crippen molar-refractivity contribution in [2.45, 2.75) is 64.1 Å². The number of rotatable bonds is 19. The Hall–Kier alpha value is -3.55. The molecule has 3 amide bonds. The molecule has 13 nitrogen and oxygen atoms in total. The molecule has 40 heavy (non-hydrogen) atoms. The number of benzene rings is 1. The second kappa shape index (κ2) is 17.9. The highest BCUT2D eigenvalue weighted by Crippen LogP contribution is 2.22. The van der Waals surface area contributed by atoms with E-state index in [-0.39, 0.29) is 37.5 Å². The van der Waals surface area contributed by atoms with Gasteiger partial charge in [-0.05, 0) is 56.5 Å². The van der Waals surface area contributed by atoms with Crippen molar-refractivity contribution in [1.29, 1.82) is 0 Å². The molecule has 13 heteroatoms. The third-order valence-corrected chi connectivity index (χ3v) is 6.72. The molecule has 1 rings (SSSR count). The predicted molar refractivity (Wildman–Crippen MR) is 147 cm³/mol. The zero-order valence-electron chi connectivity index (χ0n) is 23.3. The maximum atomic E-state index is 13.4. The molecular formula is C27H43N5O8. The Bertz CT molecular complexity index is 988. The van der Waals surface area contributed by atoms with Crippen molar-refractivity contribution in [3.63, 3.8) is 0 Å². The Morgan fingerprint density at radius 3 is 2.10 bits per heavy atom. The van der Waals surface area contributed by atoms with Gasteiger partial charge in [0.1, 0.15) is 17.8 Å². The SMILES string of the molecule is CCC(C)C(CC(=O)C(Cc1ccc(O)cc1)NC(=O)CN)C(=O)NC(CO)C(=O)NC(CCCNC)C(=O)O. The van der Waals surface area contributed by atoms with Crippen LogP contribution in [-0.4, -0.2) is 89.7 Å². The van der Waals surface area contributed by atoms with E-state index in [1.807, 2.05) is 6.92 Å². The summed E-state index contributed by atoms with van der Waals surface area (Å²) in [6.45, 7) is 3.02. The number of carboxylic acids is 1. The van der Waals surface area contributed by atoms with Gasteiger partial charge in [0.2, 0.25) is 17.7 Å². The van der Waals surface area contributed by atoms with Crippen LogP contribution in [0.15, 0.2) is 24.3 Å². The average molecular weight is 566 g/mol. The summed E-state index contributed by atoms with van der Waals surface area (Å²) < 4.78 is 0. The van der Waals surface area contributed by atoms with E-state index in [2.05, 4.69) is 21.3 Å². The summed E-state index contributed by atoms with van der Waals surface area (Å²) in [7, 11) is 1.71. The lowest BCUT2D eigenvalue weighted by Crippen LogP contribution is -2.55. The molecule has 0 radical (unpaired) electrons. The monoisotopic (exact) mass is 565 g/mol. The fourth-order valence-corrected chi connectivity index (χ4v) is 4.05. The number of carbonyl (C=O) groups excluding carboxylic acids is 4. The van der Waals surface area contributed by atoms with Gasteiger partial charge in [-0.3, -0.25) is 19.2 Å². The molecule has 5 unspecified atom stereocenters. The minimum absolute atomic E-state index is 0.0428. The fourth-order valence-electron chi connectivity index (χ4n) is 4.05. The van der Waals surface area contributed by atoms with Crippen LogP contribution in [0.2, 0.25) is 0 Å². The van der Waals surface area contributed by atoms with Crippen molar-refractivity contribution in [3.8, 4) is 5.75 Å². The Balaban J connectivity index is 3.04. The number of phenols is 1. The van der Waals surface area contributed by atoms with E-state index in [4.69, 9.17) is 5.73 Å². The maximum absolute atomic E-state index is 13.4. The molecule has 0 spiro atoms. The van der Waals surface area contributed by atoms with Crippen molar-refractivity contribution in [1.82, 2.24) is 21.3 Å². The second-order valence-electron chi connectivity index (χ2n) is 9.75. The van der Waals surface area contributed by atoms with Crippen LogP contribution in [0.5, 0.6) is 5.75 Å². The van der Waals surface area contributed by atoms with Gasteiger partial charge in [-0.2, -0.15) is 0 Å². The van der Waals surface area contributed by atoms with Crippen LogP contribution in [0.25, 0.3) is 0 Å². The number of aliphatic hydroxyl groups excluding tert-OH is 1. The van der Waals surface area contributed by atoms with Crippen LogP contribution in [0, 0.1) is 11.8 Å². The zero-order valence-corrected chi connectivity index (χ0v) is 23.3. The van der Waals surface area contributed by atoms with Crippen LogP contribution < -0.4 is 27.0 Å². The van der Waals surface area contributed by atoms with Crippen molar-refractivity contribution in [2.75, 3.05) is 26.7 Å². The molecule has 0 aliphatic carbocycles. The number of hydrogen-bond donors (Lipinski definition) is 8. The van der Waals surface area contributed by atoms with E-state index < -0.39 is 60.1 Å². The van der Waals surface area contributed by atoms with Crippen LogP contribution >= 0.6 is 0 Å². The van der Waals surface area contributed by atoms with E-state index in [0.717, 1.165) is 0 Å². The molecule has 1 aromatic rings. The summed E-state index contributed by atoms with van der Waals surface area (Å²) in [5, 5.41) is 39.0. The number of carbonyl (C=O) groups is 5. The Labute approximate surface area is 234 Å². The number of nitrogens with one attached hydrogen (secondary N) is 4. The summed E-state index contributed by atoms with van der Waals surface area (Å²) in [6.07, 6.45) is 0.982. The minimum Gasteiger partial charge on any atom is -0.508 e. The molecule has 224 valence electrons. The fraction of sp³-hybridized carbons (Fsp3) is 0.593.